The van der Waals surface area contributed by atoms with E-state index in [1.807, 2.05) is 6.92 Å². The lowest BCUT2D eigenvalue weighted by atomic mass is 10.1. The largest absolute Gasteiger partial charge is 0.332 e. The molecular formula is C18H17N5O5. The zero-order valence-electron chi connectivity index (χ0n) is 15.4. The summed E-state index contributed by atoms with van der Waals surface area (Å²) in [4.78, 5) is 52.1. The highest BCUT2D eigenvalue weighted by Crippen LogP contribution is 2.24. The van der Waals surface area contributed by atoms with Gasteiger partial charge < -0.3 is 5.32 Å². The summed E-state index contributed by atoms with van der Waals surface area (Å²) in [7, 11) is 2.82. The van der Waals surface area contributed by atoms with E-state index in [1.165, 1.54) is 43.1 Å². The van der Waals surface area contributed by atoms with E-state index in [2.05, 4.69) is 10.3 Å². The average Bonchev–Trinajstić information content (AvgIpc) is 2.70. The number of nitrogens with zero attached hydrogens (tertiary/aromatic N) is 4. The van der Waals surface area contributed by atoms with Crippen LogP contribution in [-0.2, 0) is 20.5 Å². The van der Waals surface area contributed by atoms with Crippen LogP contribution in [0.2, 0.25) is 0 Å². The number of anilines is 1. The minimum atomic E-state index is -0.609. The number of nitrogens with one attached hydrogen (secondary N) is 1. The van der Waals surface area contributed by atoms with Gasteiger partial charge in [0.05, 0.1) is 10.6 Å². The molecule has 2 aromatic heterocycles. The van der Waals surface area contributed by atoms with Gasteiger partial charge in [0.25, 0.3) is 17.2 Å². The molecule has 10 nitrogen and oxygen atoms in total. The Hall–Kier alpha value is -3.82. The number of amides is 1. The van der Waals surface area contributed by atoms with E-state index in [0.717, 1.165) is 10.6 Å². The van der Waals surface area contributed by atoms with E-state index >= 15 is 0 Å². The average molecular weight is 383 g/mol. The van der Waals surface area contributed by atoms with Gasteiger partial charge in [-0.2, -0.15) is 0 Å². The van der Waals surface area contributed by atoms with Crippen LogP contribution in [0.3, 0.4) is 0 Å². The second kappa shape index (κ2) is 7.06. The van der Waals surface area contributed by atoms with Gasteiger partial charge in [0.1, 0.15) is 5.39 Å². The smallest absolute Gasteiger partial charge is 0.321 e. The summed E-state index contributed by atoms with van der Waals surface area (Å²) in [6.45, 7) is 1.83. The number of nitro benzene ring substituents is 1. The first-order valence-electron chi connectivity index (χ1n) is 8.39. The van der Waals surface area contributed by atoms with E-state index < -0.39 is 22.1 Å². The van der Waals surface area contributed by atoms with Crippen molar-refractivity contribution in [2.45, 2.75) is 13.3 Å². The third-order valence-corrected chi connectivity index (χ3v) is 4.49. The Kier molecular flexibility index (Phi) is 4.78. The van der Waals surface area contributed by atoms with Crippen LogP contribution in [0, 0.1) is 10.1 Å². The van der Waals surface area contributed by atoms with Crippen molar-refractivity contribution in [1.82, 2.24) is 14.1 Å². The van der Waals surface area contributed by atoms with Gasteiger partial charge in [-0.25, -0.2) is 9.78 Å². The summed E-state index contributed by atoms with van der Waals surface area (Å²) in [5.74, 6) is -0.609. The highest BCUT2D eigenvalue weighted by atomic mass is 16.6. The summed E-state index contributed by atoms with van der Waals surface area (Å²) in [5.41, 5.74) is -0.300. The molecule has 0 bridgehead atoms. The van der Waals surface area contributed by atoms with Crippen molar-refractivity contribution in [3.8, 4) is 0 Å². The lowest BCUT2D eigenvalue weighted by Gasteiger charge is -2.14. The summed E-state index contributed by atoms with van der Waals surface area (Å²) in [6, 6.07) is 5.27. The van der Waals surface area contributed by atoms with Crippen molar-refractivity contribution in [3.05, 3.63) is 72.5 Å². The van der Waals surface area contributed by atoms with Crippen LogP contribution in [0.1, 0.15) is 22.8 Å². The summed E-state index contributed by atoms with van der Waals surface area (Å²) < 4.78 is 2.16. The molecule has 0 spiro atoms. The quantitative estimate of drug-likeness (QED) is 0.535. The molecule has 2 heterocycles. The molecule has 0 aliphatic carbocycles. The number of nitro groups is 1. The van der Waals surface area contributed by atoms with Crippen molar-refractivity contribution < 1.29 is 9.72 Å². The maximum atomic E-state index is 12.7. The second-order valence-corrected chi connectivity index (χ2v) is 6.18. The molecule has 1 aromatic carbocycles. The van der Waals surface area contributed by atoms with Crippen molar-refractivity contribution in [2.75, 3.05) is 5.32 Å². The second-order valence-electron chi connectivity index (χ2n) is 6.18. The summed E-state index contributed by atoms with van der Waals surface area (Å²) in [5, 5.41) is 13.7. The van der Waals surface area contributed by atoms with Crippen molar-refractivity contribution >= 4 is 28.3 Å². The highest BCUT2D eigenvalue weighted by molar-refractivity contribution is 6.09. The van der Waals surface area contributed by atoms with Crippen molar-refractivity contribution in [2.24, 2.45) is 14.1 Å². The lowest BCUT2D eigenvalue weighted by molar-refractivity contribution is -0.384. The van der Waals surface area contributed by atoms with Gasteiger partial charge in [0.15, 0.2) is 5.65 Å². The molecule has 0 saturated carbocycles. The number of aromatic nitrogens is 3. The fourth-order valence-electron chi connectivity index (χ4n) is 2.92. The van der Waals surface area contributed by atoms with Crippen LogP contribution in [0.4, 0.5) is 11.4 Å². The number of rotatable bonds is 4. The normalized spacial score (nSPS) is 10.8. The fraction of sp³-hybridized carbons (Fsp3) is 0.222. The summed E-state index contributed by atoms with van der Waals surface area (Å²) in [6.07, 6.45) is 1.96. The zero-order valence-corrected chi connectivity index (χ0v) is 15.4. The van der Waals surface area contributed by atoms with Gasteiger partial charge in [-0.15, -0.1) is 0 Å². The molecule has 0 unspecified atom stereocenters. The molecule has 144 valence electrons. The van der Waals surface area contributed by atoms with Crippen LogP contribution < -0.4 is 16.6 Å². The Balaban J connectivity index is 2.21. The van der Waals surface area contributed by atoms with E-state index in [4.69, 9.17) is 0 Å². The Labute approximate surface area is 158 Å². The lowest BCUT2D eigenvalue weighted by Crippen LogP contribution is -2.38. The number of hydrogen-bond acceptors (Lipinski definition) is 6. The number of non-ortho nitro benzene ring substituents is 1. The topological polar surface area (TPSA) is 129 Å². The molecule has 3 rings (SSSR count). The zero-order chi connectivity index (χ0) is 20.6. The molecule has 0 radical (unpaired) electrons. The Morgan fingerprint density at radius 1 is 1.25 bits per heavy atom. The molecule has 0 fully saturated rings. The number of fused-ring (bicyclic) bond motifs is 1. The third kappa shape index (κ3) is 3.04. The van der Waals surface area contributed by atoms with Gasteiger partial charge in [0, 0.05) is 38.0 Å². The third-order valence-electron chi connectivity index (χ3n) is 4.49. The molecular weight excluding hydrogens is 366 g/mol. The molecule has 0 atom stereocenters. The van der Waals surface area contributed by atoms with Gasteiger partial charge in [-0.1, -0.05) is 13.0 Å². The summed E-state index contributed by atoms with van der Waals surface area (Å²) >= 11 is 0. The fourth-order valence-corrected chi connectivity index (χ4v) is 2.92. The van der Waals surface area contributed by atoms with Gasteiger partial charge in [-0.3, -0.25) is 28.8 Å². The standard InChI is InChI=1S/C18H17N5O5/c1-4-10-9-19-15-13(17(25)22(3)18(26)21(15)2)14(10)20-16(24)11-6-5-7-12(8-11)23(27)28/h5-9H,4H2,1-3H3,(H,19,20,24). The molecule has 0 aliphatic heterocycles. The van der Waals surface area contributed by atoms with Crippen LogP contribution in [0.15, 0.2) is 40.1 Å². The molecule has 1 N–H and O–H groups in total. The molecule has 3 aromatic rings. The Bertz CT molecular complexity index is 1240. The van der Waals surface area contributed by atoms with Crippen molar-refractivity contribution in [3.63, 3.8) is 0 Å². The van der Waals surface area contributed by atoms with E-state index in [0.29, 0.717) is 12.0 Å². The van der Waals surface area contributed by atoms with Gasteiger partial charge in [0.2, 0.25) is 0 Å². The minimum absolute atomic E-state index is 0.0721. The Morgan fingerprint density at radius 3 is 2.61 bits per heavy atom. The maximum absolute atomic E-state index is 12.7. The molecule has 10 heteroatoms. The van der Waals surface area contributed by atoms with Crippen LogP contribution >= 0.6 is 0 Å². The highest BCUT2D eigenvalue weighted by Gasteiger charge is 2.19. The van der Waals surface area contributed by atoms with Crippen molar-refractivity contribution in [1.29, 1.82) is 0 Å². The minimum Gasteiger partial charge on any atom is -0.321 e. The Morgan fingerprint density at radius 2 is 1.96 bits per heavy atom. The predicted molar refractivity (Wildman–Crippen MR) is 103 cm³/mol. The number of carbonyl (C=O) groups is 1. The molecule has 28 heavy (non-hydrogen) atoms. The van der Waals surface area contributed by atoms with Gasteiger partial charge in [-0.05, 0) is 18.1 Å². The first kappa shape index (κ1) is 19.0. The first-order valence-corrected chi connectivity index (χ1v) is 8.39. The number of benzene rings is 1. The van der Waals surface area contributed by atoms with Crippen LogP contribution in [0.25, 0.3) is 11.0 Å². The number of pyridine rings is 1. The SMILES string of the molecule is CCc1cnc2c(c1NC(=O)c1cccc([N+](=O)[O-])c1)c(=O)n(C)c(=O)n2C. The van der Waals surface area contributed by atoms with E-state index in [9.17, 15) is 24.5 Å². The van der Waals surface area contributed by atoms with Gasteiger partial charge >= 0.3 is 5.69 Å². The number of carbonyl (C=O) groups excluding carboxylic acids is 1. The maximum Gasteiger partial charge on any atom is 0.332 e. The predicted octanol–water partition coefficient (Wildman–Crippen LogP) is 1.36. The van der Waals surface area contributed by atoms with Crippen LogP contribution in [0.5, 0.6) is 0 Å². The van der Waals surface area contributed by atoms with Crippen LogP contribution in [-0.4, -0.2) is 24.9 Å². The number of aryl methyl sites for hydroxylation is 2. The first-order chi connectivity index (χ1) is 13.3. The monoisotopic (exact) mass is 383 g/mol. The molecule has 1 amide bonds. The molecule has 0 saturated heterocycles. The molecule has 0 aliphatic rings. The number of hydrogen-bond donors (Lipinski definition) is 1. The van der Waals surface area contributed by atoms with E-state index in [-0.39, 0.29) is 28.0 Å². The van der Waals surface area contributed by atoms with E-state index in [1.54, 1.807) is 0 Å².